The van der Waals surface area contributed by atoms with Gasteiger partial charge in [-0.25, -0.2) is 0 Å². The number of rotatable bonds is 3. The summed E-state index contributed by atoms with van der Waals surface area (Å²) in [5, 5.41) is 12.0. The lowest BCUT2D eigenvalue weighted by molar-refractivity contribution is 0.190. The summed E-state index contributed by atoms with van der Waals surface area (Å²) in [7, 11) is 2.05. The molecule has 4 rings (SSSR count). The molecule has 1 atom stereocenters. The fourth-order valence-electron chi connectivity index (χ4n) is 2.73. The number of nitrogens with zero attached hydrogens (tertiary/aromatic N) is 4. The van der Waals surface area contributed by atoms with E-state index in [1.807, 2.05) is 25.2 Å². The van der Waals surface area contributed by atoms with Gasteiger partial charge in [-0.15, -0.1) is 12.4 Å². The van der Waals surface area contributed by atoms with Crippen LogP contribution >= 0.6 is 24.0 Å². The molecule has 1 unspecified atom stereocenters. The second-order valence-electron chi connectivity index (χ2n) is 5.71. The minimum absolute atomic E-state index is 0. The Morgan fingerprint density at radius 3 is 2.88 bits per heavy atom. The molecule has 132 valence electrons. The van der Waals surface area contributed by atoms with Crippen LogP contribution in [0.25, 0.3) is 22.9 Å². The van der Waals surface area contributed by atoms with E-state index < -0.39 is 0 Å². The minimum Gasteiger partial charge on any atom is -0.355 e. The molecule has 1 fully saturated rings. The summed E-state index contributed by atoms with van der Waals surface area (Å²) in [5.74, 6) is 1.54. The maximum atomic E-state index is 6.18. The third kappa shape index (κ3) is 3.55. The first kappa shape index (κ1) is 17.9. The van der Waals surface area contributed by atoms with E-state index in [4.69, 9.17) is 20.6 Å². The van der Waals surface area contributed by atoms with Gasteiger partial charge in [0, 0.05) is 31.3 Å². The van der Waals surface area contributed by atoms with Crippen LogP contribution in [0, 0.1) is 0 Å². The Morgan fingerprint density at radius 2 is 2.08 bits per heavy atom. The van der Waals surface area contributed by atoms with Gasteiger partial charge in [-0.05, 0) is 19.2 Å². The third-order valence-electron chi connectivity index (χ3n) is 4.12. The number of halogens is 2. The zero-order valence-electron chi connectivity index (χ0n) is 13.5. The van der Waals surface area contributed by atoms with Crippen molar-refractivity contribution in [3.63, 3.8) is 0 Å². The highest BCUT2D eigenvalue weighted by Gasteiger charge is 2.26. The smallest absolute Gasteiger partial charge is 0.280 e. The van der Waals surface area contributed by atoms with Gasteiger partial charge in [0.15, 0.2) is 17.3 Å². The first-order chi connectivity index (χ1) is 11.7. The van der Waals surface area contributed by atoms with Gasteiger partial charge in [-0.3, -0.25) is 4.90 Å². The monoisotopic (exact) mass is 381 g/mol. The van der Waals surface area contributed by atoms with E-state index in [9.17, 15) is 0 Å². The lowest BCUT2D eigenvalue weighted by atomic mass is 10.1. The van der Waals surface area contributed by atoms with Gasteiger partial charge in [0.1, 0.15) is 0 Å². The fraction of sp³-hybridized carbons (Fsp3) is 0.312. The van der Waals surface area contributed by atoms with Gasteiger partial charge >= 0.3 is 0 Å². The molecule has 1 saturated heterocycles. The van der Waals surface area contributed by atoms with Gasteiger partial charge in [-0.1, -0.05) is 34.0 Å². The molecule has 3 aromatic rings. The van der Waals surface area contributed by atoms with Crippen LogP contribution in [0.15, 0.2) is 39.4 Å². The van der Waals surface area contributed by atoms with Crippen molar-refractivity contribution in [2.45, 2.75) is 6.04 Å². The summed E-state index contributed by atoms with van der Waals surface area (Å²) in [4.78, 5) is 6.67. The summed E-state index contributed by atoms with van der Waals surface area (Å²) in [6, 6.07) is 9.26. The van der Waals surface area contributed by atoms with Crippen LogP contribution in [-0.4, -0.2) is 46.9 Å². The number of hydrogen-bond acceptors (Lipinski definition) is 7. The number of benzene rings is 1. The Kier molecular flexibility index (Phi) is 5.39. The van der Waals surface area contributed by atoms with Crippen molar-refractivity contribution >= 4 is 24.0 Å². The molecule has 1 aromatic carbocycles. The minimum atomic E-state index is 0. The van der Waals surface area contributed by atoms with Crippen molar-refractivity contribution in [2.24, 2.45) is 0 Å². The van der Waals surface area contributed by atoms with Crippen LogP contribution in [0.1, 0.15) is 11.9 Å². The van der Waals surface area contributed by atoms with Gasteiger partial charge in [0.25, 0.3) is 5.89 Å². The predicted octanol–water partition coefficient (Wildman–Crippen LogP) is 3.04. The number of hydrogen-bond donors (Lipinski definition) is 1. The second kappa shape index (κ2) is 7.53. The van der Waals surface area contributed by atoms with E-state index >= 15 is 0 Å². The Bertz CT molecular complexity index is 850. The predicted molar refractivity (Wildman–Crippen MR) is 95.7 cm³/mol. The first-order valence-electron chi connectivity index (χ1n) is 7.69. The number of nitrogens with one attached hydrogen (secondary N) is 1. The Balaban J connectivity index is 0.00000182. The molecule has 0 bridgehead atoms. The van der Waals surface area contributed by atoms with Crippen molar-refractivity contribution < 1.29 is 9.05 Å². The molecule has 2 aromatic heterocycles. The lowest BCUT2D eigenvalue weighted by Gasteiger charge is -2.30. The topological polar surface area (TPSA) is 80.2 Å². The van der Waals surface area contributed by atoms with Crippen molar-refractivity contribution in [1.82, 2.24) is 25.5 Å². The van der Waals surface area contributed by atoms with E-state index in [0.717, 1.165) is 25.2 Å². The summed E-state index contributed by atoms with van der Waals surface area (Å²) >= 11 is 6.18. The standard InChI is InChI=1S/C16H16ClN5O2.ClH/c1-22-7-6-18-9-13(22)15-19-16(24-21-15)12-8-14(23-20-12)10-4-2-3-5-11(10)17;/h2-5,8,13,18H,6-7,9H2,1H3;1H. The summed E-state index contributed by atoms with van der Waals surface area (Å²) in [5.41, 5.74) is 1.27. The fourth-order valence-corrected chi connectivity index (χ4v) is 2.96. The number of likely N-dealkylation sites (N-methyl/N-ethyl adjacent to an activating group) is 1. The van der Waals surface area contributed by atoms with Gasteiger partial charge < -0.3 is 14.4 Å². The SMILES string of the molecule is CN1CCNCC1c1noc(-c2cc(-c3ccccc3Cl)on2)n1.Cl. The molecule has 3 heterocycles. The lowest BCUT2D eigenvalue weighted by Crippen LogP contribution is -2.44. The summed E-state index contributed by atoms with van der Waals surface area (Å²) in [6.07, 6.45) is 0. The molecule has 7 nitrogen and oxygen atoms in total. The Labute approximate surface area is 155 Å². The molecular weight excluding hydrogens is 365 g/mol. The van der Waals surface area contributed by atoms with Crippen molar-refractivity contribution in [1.29, 1.82) is 0 Å². The van der Waals surface area contributed by atoms with E-state index in [0.29, 0.717) is 28.2 Å². The van der Waals surface area contributed by atoms with E-state index in [1.54, 1.807) is 12.1 Å². The molecule has 9 heteroatoms. The normalized spacial score (nSPS) is 18.1. The summed E-state index contributed by atoms with van der Waals surface area (Å²) in [6.45, 7) is 2.69. The highest BCUT2D eigenvalue weighted by atomic mass is 35.5. The van der Waals surface area contributed by atoms with Crippen LogP contribution in [0.5, 0.6) is 0 Å². The molecule has 0 spiro atoms. The van der Waals surface area contributed by atoms with Crippen LogP contribution in [-0.2, 0) is 0 Å². The van der Waals surface area contributed by atoms with Gasteiger partial charge in [0.2, 0.25) is 0 Å². The average Bonchev–Trinajstić information content (AvgIpc) is 3.25. The molecule has 0 radical (unpaired) electrons. The number of aromatic nitrogens is 3. The maximum Gasteiger partial charge on any atom is 0.280 e. The molecule has 0 amide bonds. The quantitative estimate of drug-likeness (QED) is 0.746. The van der Waals surface area contributed by atoms with Gasteiger partial charge in [-0.2, -0.15) is 4.98 Å². The molecular formula is C16H17Cl2N5O2. The molecule has 1 N–H and O–H groups in total. The first-order valence-corrected chi connectivity index (χ1v) is 8.07. The zero-order valence-corrected chi connectivity index (χ0v) is 15.0. The van der Waals surface area contributed by atoms with E-state index in [1.165, 1.54) is 0 Å². The molecule has 0 saturated carbocycles. The largest absolute Gasteiger partial charge is 0.355 e. The molecule has 25 heavy (non-hydrogen) atoms. The Hall–Kier alpha value is -1.93. The van der Waals surface area contributed by atoms with Crippen LogP contribution in [0.4, 0.5) is 0 Å². The van der Waals surface area contributed by atoms with Crippen molar-refractivity contribution in [3.8, 4) is 22.9 Å². The van der Waals surface area contributed by atoms with E-state index in [2.05, 4.69) is 25.5 Å². The van der Waals surface area contributed by atoms with Crippen molar-refractivity contribution in [2.75, 3.05) is 26.7 Å². The molecule has 0 aliphatic carbocycles. The molecule has 1 aliphatic heterocycles. The van der Waals surface area contributed by atoms with Crippen molar-refractivity contribution in [3.05, 3.63) is 41.2 Å². The van der Waals surface area contributed by atoms with Gasteiger partial charge in [0.05, 0.1) is 11.1 Å². The van der Waals surface area contributed by atoms with Crippen LogP contribution < -0.4 is 5.32 Å². The molecule has 1 aliphatic rings. The highest BCUT2D eigenvalue weighted by molar-refractivity contribution is 6.33. The summed E-state index contributed by atoms with van der Waals surface area (Å²) < 4.78 is 10.7. The third-order valence-corrected chi connectivity index (χ3v) is 4.45. The average molecular weight is 382 g/mol. The number of piperazine rings is 1. The van der Waals surface area contributed by atoms with E-state index in [-0.39, 0.29) is 18.4 Å². The Morgan fingerprint density at radius 1 is 1.24 bits per heavy atom. The zero-order chi connectivity index (χ0) is 16.5. The second-order valence-corrected chi connectivity index (χ2v) is 6.12. The van der Waals surface area contributed by atoms with Crippen LogP contribution in [0.3, 0.4) is 0 Å². The highest BCUT2D eigenvalue weighted by Crippen LogP contribution is 2.30. The van der Waals surface area contributed by atoms with Crippen LogP contribution in [0.2, 0.25) is 5.02 Å². The maximum absolute atomic E-state index is 6.18.